The maximum atomic E-state index is 4.72. The quantitative estimate of drug-likeness (QED) is 0.647. The predicted octanol–water partition coefficient (Wildman–Crippen LogP) is 6.02. The second-order valence-electron chi connectivity index (χ2n) is 6.33. The van der Waals surface area contributed by atoms with E-state index in [0.29, 0.717) is 0 Å². The van der Waals surface area contributed by atoms with Gasteiger partial charge in [-0.05, 0) is 49.0 Å². The van der Waals surface area contributed by atoms with Crippen molar-refractivity contribution in [1.82, 2.24) is 0 Å². The van der Waals surface area contributed by atoms with Crippen molar-refractivity contribution in [2.75, 3.05) is 0 Å². The van der Waals surface area contributed by atoms with Gasteiger partial charge < -0.3 is 0 Å². The molecule has 0 aromatic heterocycles. The van der Waals surface area contributed by atoms with Crippen molar-refractivity contribution in [3.05, 3.63) is 88.5 Å². The lowest BCUT2D eigenvalue weighted by atomic mass is 9.95. The van der Waals surface area contributed by atoms with Crippen molar-refractivity contribution in [3.8, 4) is 0 Å². The Balaban J connectivity index is 1.77. The molecule has 0 saturated heterocycles. The lowest BCUT2D eigenvalue weighted by molar-refractivity contribution is 0.750. The first-order chi connectivity index (χ1) is 11.3. The molecule has 0 fully saturated rings. The van der Waals surface area contributed by atoms with E-state index in [2.05, 4.69) is 66.6 Å². The van der Waals surface area contributed by atoms with Gasteiger partial charge in [0.1, 0.15) is 6.04 Å². The van der Waals surface area contributed by atoms with Crippen molar-refractivity contribution in [1.29, 1.82) is 0 Å². The fraction of sp³-hybridized carbons (Fsp3) is 0.238. The molecule has 23 heavy (non-hydrogen) atoms. The third-order valence-corrected chi connectivity index (χ3v) is 4.69. The number of aryl methyl sites for hydroxylation is 1. The first kappa shape index (κ1) is 14.1. The van der Waals surface area contributed by atoms with Crippen molar-refractivity contribution >= 4 is 5.70 Å². The molecule has 114 valence electrons. The van der Waals surface area contributed by atoms with Crippen LogP contribution in [0.25, 0.3) is 5.70 Å². The fourth-order valence-electron chi connectivity index (χ4n) is 3.42. The monoisotopic (exact) mass is 300 g/mol. The van der Waals surface area contributed by atoms with E-state index in [4.69, 9.17) is 5.11 Å². The molecule has 0 saturated carbocycles. The van der Waals surface area contributed by atoms with Gasteiger partial charge in [-0.3, -0.25) is 0 Å². The zero-order valence-corrected chi connectivity index (χ0v) is 13.4. The summed E-state index contributed by atoms with van der Waals surface area (Å²) in [6.07, 6.45) is 5.74. The fourth-order valence-corrected chi connectivity index (χ4v) is 3.42. The molecule has 2 aromatic rings. The minimum Gasteiger partial charge on any atom is -0.176 e. The molecule has 0 bridgehead atoms. The highest BCUT2D eigenvalue weighted by atomic mass is 15.1. The summed E-state index contributed by atoms with van der Waals surface area (Å²) in [5.74, 6) is 0. The summed E-state index contributed by atoms with van der Waals surface area (Å²) >= 11 is 0. The summed E-state index contributed by atoms with van der Waals surface area (Å²) in [4.78, 5) is 0. The van der Waals surface area contributed by atoms with Gasteiger partial charge in [-0.2, -0.15) is 10.2 Å². The number of allylic oxidation sites excluding steroid dienone is 2. The predicted molar refractivity (Wildman–Crippen MR) is 94.1 cm³/mol. The Morgan fingerprint density at radius 3 is 2.48 bits per heavy atom. The topological polar surface area (TPSA) is 24.7 Å². The first-order valence-electron chi connectivity index (χ1n) is 8.28. The first-order valence-corrected chi connectivity index (χ1v) is 8.28. The third-order valence-electron chi connectivity index (χ3n) is 4.69. The van der Waals surface area contributed by atoms with Crippen LogP contribution in [0.15, 0.2) is 82.0 Å². The van der Waals surface area contributed by atoms with E-state index in [-0.39, 0.29) is 6.04 Å². The smallest absolute Gasteiger partial charge is 0.118 e. The molecule has 1 aliphatic heterocycles. The number of benzene rings is 2. The third kappa shape index (κ3) is 2.77. The molecule has 0 amide bonds. The van der Waals surface area contributed by atoms with Gasteiger partial charge >= 0.3 is 0 Å². The van der Waals surface area contributed by atoms with E-state index in [1.807, 2.05) is 6.07 Å². The van der Waals surface area contributed by atoms with E-state index < -0.39 is 0 Å². The standard InChI is InChI=1S/C21H20N2/c1-15-10-12-17(13-11-15)21-19-9-5-8-18(19)14-20(22-23-21)16-6-3-2-4-7-16/h2-4,6-7,10-14,21H,5,8-9H2,1H3. The molecule has 1 unspecified atom stereocenters. The Kier molecular flexibility index (Phi) is 3.66. The molecular weight excluding hydrogens is 280 g/mol. The normalized spacial score (nSPS) is 20.2. The largest absolute Gasteiger partial charge is 0.176 e. The average molecular weight is 300 g/mol. The maximum Gasteiger partial charge on any atom is 0.118 e. The van der Waals surface area contributed by atoms with Crippen LogP contribution in [0.1, 0.15) is 42.0 Å². The van der Waals surface area contributed by atoms with Crippen molar-refractivity contribution in [3.63, 3.8) is 0 Å². The van der Waals surface area contributed by atoms with Crippen molar-refractivity contribution < 1.29 is 0 Å². The van der Waals surface area contributed by atoms with Crippen LogP contribution in [0.3, 0.4) is 0 Å². The van der Waals surface area contributed by atoms with Gasteiger partial charge in [-0.1, -0.05) is 60.2 Å². The van der Waals surface area contributed by atoms with Gasteiger partial charge in [-0.25, -0.2) is 0 Å². The summed E-state index contributed by atoms with van der Waals surface area (Å²) in [6.45, 7) is 2.12. The van der Waals surface area contributed by atoms with Gasteiger partial charge in [0, 0.05) is 5.56 Å². The van der Waals surface area contributed by atoms with Crippen molar-refractivity contribution in [2.24, 2.45) is 10.2 Å². The summed E-state index contributed by atoms with van der Waals surface area (Å²) in [6, 6.07) is 19.1. The van der Waals surface area contributed by atoms with E-state index in [9.17, 15) is 0 Å². The number of hydrogen-bond donors (Lipinski definition) is 0. The minimum atomic E-state index is 0.0746. The number of hydrogen-bond acceptors (Lipinski definition) is 2. The van der Waals surface area contributed by atoms with Crippen LogP contribution >= 0.6 is 0 Å². The molecule has 4 rings (SSSR count). The van der Waals surface area contributed by atoms with Gasteiger partial charge in [0.05, 0.1) is 5.70 Å². The van der Waals surface area contributed by atoms with E-state index in [1.165, 1.54) is 28.7 Å². The van der Waals surface area contributed by atoms with Crippen LogP contribution in [0.5, 0.6) is 0 Å². The van der Waals surface area contributed by atoms with E-state index >= 15 is 0 Å². The van der Waals surface area contributed by atoms with E-state index in [1.54, 1.807) is 0 Å². The lowest BCUT2D eigenvalue weighted by Crippen LogP contribution is -1.98. The highest BCUT2D eigenvalue weighted by Gasteiger charge is 2.25. The van der Waals surface area contributed by atoms with Crippen LogP contribution in [0.4, 0.5) is 0 Å². The average Bonchev–Trinajstić information content (AvgIpc) is 2.97. The molecule has 2 heteroatoms. The molecule has 2 aliphatic rings. The second kappa shape index (κ2) is 5.96. The van der Waals surface area contributed by atoms with Gasteiger partial charge in [0.25, 0.3) is 0 Å². The Bertz CT molecular complexity index is 795. The summed E-state index contributed by atoms with van der Waals surface area (Å²) < 4.78 is 0. The summed E-state index contributed by atoms with van der Waals surface area (Å²) in [5, 5.41) is 9.32. The zero-order valence-electron chi connectivity index (χ0n) is 13.4. The molecule has 0 radical (unpaired) electrons. The number of rotatable bonds is 2. The molecule has 0 spiro atoms. The SMILES string of the molecule is Cc1ccc(C2N=NC(c3ccccc3)=CC3=C2CCC3)cc1. The second-order valence-corrected chi connectivity index (χ2v) is 6.33. The van der Waals surface area contributed by atoms with Crippen LogP contribution in [-0.4, -0.2) is 0 Å². The zero-order chi connectivity index (χ0) is 15.6. The maximum absolute atomic E-state index is 4.72. The van der Waals surface area contributed by atoms with Crippen LogP contribution in [0.2, 0.25) is 0 Å². The molecule has 2 aromatic carbocycles. The minimum absolute atomic E-state index is 0.0746. The number of nitrogens with zero attached hydrogens (tertiary/aromatic N) is 2. The molecule has 0 N–H and O–H groups in total. The summed E-state index contributed by atoms with van der Waals surface area (Å²) in [7, 11) is 0. The number of azo groups is 1. The molecule has 1 aliphatic carbocycles. The summed E-state index contributed by atoms with van der Waals surface area (Å²) in [5.41, 5.74) is 7.52. The van der Waals surface area contributed by atoms with Crippen LogP contribution < -0.4 is 0 Å². The highest BCUT2D eigenvalue weighted by Crippen LogP contribution is 2.42. The Labute approximate surface area is 137 Å². The lowest BCUT2D eigenvalue weighted by Gasteiger charge is -2.13. The molecule has 2 nitrogen and oxygen atoms in total. The Morgan fingerprint density at radius 2 is 1.70 bits per heavy atom. The van der Waals surface area contributed by atoms with Gasteiger partial charge in [0.2, 0.25) is 0 Å². The van der Waals surface area contributed by atoms with Crippen LogP contribution in [0, 0.1) is 6.92 Å². The highest BCUT2D eigenvalue weighted by molar-refractivity contribution is 5.68. The van der Waals surface area contributed by atoms with Gasteiger partial charge in [-0.15, -0.1) is 0 Å². The Hall–Kier alpha value is -2.48. The van der Waals surface area contributed by atoms with Crippen LogP contribution in [-0.2, 0) is 0 Å². The molecule has 1 atom stereocenters. The van der Waals surface area contributed by atoms with E-state index in [0.717, 1.165) is 24.1 Å². The molecule has 1 heterocycles. The Morgan fingerprint density at radius 1 is 0.913 bits per heavy atom. The van der Waals surface area contributed by atoms with Crippen molar-refractivity contribution in [2.45, 2.75) is 32.2 Å². The molecular formula is C21H20N2. The van der Waals surface area contributed by atoms with Gasteiger partial charge in [0.15, 0.2) is 0 Å².